The van der Waals surface area contributed by atoms with Gasteiger partial charge in [0.15, 0.2) is 5.82 Å². The van der Waals surface area contributed by atoms with Gasteiger partial charge in [0, 0.05) is 39.1 Å². The molecule has 7 nitrogen and oxygen atoms in total. The minimum atomic E-state index is -0.251. The Hall–Kier alpha value is -2.96. The number of amides is 2. The zero-order valence-electron chi connectivity index (χ0n) is 15.6. The summed E-state index contributed by atoms with van der Waals surface area (Å²) >= 11 is 0. The van der Waals surface area contributed by atoms with Crippen LogP contribution in [0.15, 0.2) is 37.2 Å². The number of nitrogens with one attached hydrogen (secondary N) is 1. The van der Waals surface area contributed by atoms with Gasteiger partial charge in [-0.3, -0.25) is 14.6 Å². The fourth-order valence-corrected chi connectivity index (χ4v) is 3.26. The molecule has 2 aromatic rings. The van der Waals surface area contributed by atoms with Crippen LogP contribution in [0.2, 0.25) is 0 Å². The molecule has 0 aromatic carbocycles. The number of aromatic nitrogens is 3. The van der Waals surface area contributed by atoms with Crippen LogP contribution in [0, 0.1) is 0 Å². The first-order chi connectivity index (χ1) is 13.1. The van der Waals surface area contributed by atoms with Gasteiger partial charge >= 0.3 is 0 Å². The lowest BCUT2D eigenvalue weighted by Gasteiger charge is -2.20. The number of rotatable bonds is 7. The topological polar surface area (TPSA) is 80.1 Å². The second kappa shape index (κ2) is 8.62. The molecule has 2 amide bonds. The molecule has 0 radical (unpaired) electrons. The van der Waals surface area contributed by atoms with Gasteiger partial charge in [-0.2, -0.15) is 0 Å². The van der Waals surface area contributed by atoms with Crippen LogP contribution in [-0.4, -0.2) is 51.4 Å². The predicted octanol–water partition coefficient (Wildman–Crippen LogP) is 1.84. The monoisotopic (exact) mass is 367 g/mol. The zero-order chi connectivity index (χ0) is 19.2. The molecular formula is C20H25N5O2. The summed E-state index contributed by atoms with van der Waals surface area (Å²) in [4.78, 5) is 35.5. The molecule has 1 N–H and O–H groups in total. The number of fused-ring (bicyclic) bond motifs is 1. The normalized spacial score (nSPS) is 12.9. The molecular weight excluding hydrogens is 342 g/mol. The third-order valence-corrected chi connectivity index (χ3v) is 4.76. The van der Waals surface area contributed by atoms with E-state index in [2.05, 4.69) is 21.9 Å². The SMILES string of the molecule is C=CCNC(=O)c1nc(C(=O)N(C)CCc2ccncc2)n2c1CCCC2. The van der Waals surface area contributed by atoms with Crippen molar-refractivity contribution in [2.75, 3.05) is 20.1 Å². The first kappa shape index (κ1) is 18.8. The first-order valence-corrected chi connectivity index (χ1v) is 9.24. The van der Waals surface area contributed by atoms with Crippen molar-refractivity contribution in [3.63, 3.8) is 0 Å². The van der Waals surface area contributed by atoms with Gasteiger partial charge in [-0.25, -0.2) is 4.98 Å². The number of imidazole rings is 1. The number of carbonyl (C=O) groups excluding carboxylic acids is 2. The molecule has 27 heavy (non-hydrogen) atoms. The van der Waals surface area contributed by atoms with E-state index in [4.69, 9.17) is 0 Å². The minimum Gasteiger partial charge on any atom is -0.347 e. The number of likely N-dealkylation sites (N-methyl/N-ethyl adjacent to an activating group) is 1. The third-order valence-electron chi connectivity index (χ3n) is 4.76. The van der Waals surface area contributed by atoms with Gasteiger partial charge in [-0.1, -0.05) is 6.08 Å². The maximum Gasteiger partial charge on any atom is 0.289 e. The fourth-order valence-electron chi connectivity index (χ4n) is 3.26. The average molecular weight is 367 g/mol. The molecule has 0 spiro atoms. The lowest BCUT2D eigenvalue weighted by atomic mass is 10.1. The van der Waals surface area contributed by atoms with Crippen molar-refractivity contribution in [3.05, 3.63) is 60.0 Å². The summed E-state index contributed by atoms with van der Waals surface area (Å²) in [6.07, 6.45) is 8.60. The zero-order valence-corrected chi connectivity index (χ0v) is 15.6. The Labute approximate surface area is 159 Å². The van der Waals surface area contributed by atoms with Crippen molar-refractivity contribution >= 4 is 11.8 Å². The van der Waals surface area contributed by atoms with Crippen LogP contribution in [0.5, 0.6) is 0 Å². The molecule has 2 aromatic heterocycles. The van der Waals surface area contributed by atoms with Gasteiger partial charge < -0.3 is 14.8 Å². The van der Waals surface area contributed by atoms with E-state index in [-0.39, 0.29) is 11.8 Å². The smallest absolute Gasteiger partial charge is 0.289 e. The van der Waals surface area contributed by atoms with Crippen molar-refractivity contribution in [3.8, 4) is 0 Å². The summed E-state index contributed by atoms with van der Waals surface area (Å²) < 4.78 is 1.91. The molecule has 0 bridgehead atoms. The molecule has 3 heterocycles. The molecule has 0 aliphatic carbocycles. The van der Waals surface area contributed by atoms with E-state index in [1.54, 1.807) is 30.4 Å². The molecule has 0 saturated carbocycles. The Bertz CT molecular complexity index is 828. The largest absolute Gasteiger partial charge is 0.347 e. The summed E-state index contributed by atoms with van der Waals surface area (Å²) in [5.41, 5.74) is 2.34. The molecule has 0 saturated heterocycles. The van der Waals surface area contributed by atoms with Gasteiger partial charge in [-0.15, -0.1) is 6.58 Å². The van der Waals surface area contributed by atoms with E-state index >= 15 is 0 Å². The van der Waals surface area contributed by atoms with Gasteiger partial charge in [-0.05, 0) is 43.4 Å². The highest BCUT2D eigenvalue weighted by Crippen LogP contribution is 2.22. The summed E-state index contributed by atoms with van der Waals surface area (Å²) in [6.45, 7) is 5.28. The van der Waals surface area contributed by atoms with Crippen LogP contribution in [0.1, 0.15) is 45.2 Å². The summed E-state index contributed by atoms with van der Waals surface area (Å²) in [5.74, 6) is -0.0558. The first-order valence-electron chi connectivity index (χ1n) is 9.24. The maximum atomic E-state index is 13.0. The number of carbonyl (C=O) groups is 2. The van der Waals surface area contributed by atoms with Crippen LogP contribution in [-0.2, 0) is 19.4 Å². The van der Waals surface area contributed by atoms with Crippen molar-refractivity contribution in [1.29, 1.82) is 0 Å². The Morgan fingerprint density at radius 3 is 2.85 bits per heavy atom. The third kappa shape index (κ3) is 4.24. The van der Waals surface area contributed by atoms with Crippen molar-refractivity contribution in [2.45, 2.75) is 32.2 Å². The second-order valence-electron chi connectivity index (χ2n) is 6.67. The predicted molar refractivity (Wildman–Crippen MR) is 103 cm³/mol. The molecule has 0 atom stereocenters. The molecule has 1 aliphatic rings. The standard InChI is InChI=1S/C20H25N5O2/c1-3-10-22-19(26)17-16-6-4-5-13-25(16)18(23-17)20(27)24(2)14-9-15-7-11-21-12-8-15/h3,7-8,11-12H,1,4-6,9-10,13-14H2,2H3,(H,22,26). The second-order valence-corrected chi connectivity index (χ2v) is 6.67. The molecule has 142 valence electrons. The molecule has 7 heteroatoms. The lowest BCUT2D eigenvalue weighted by Crippen LogP contribution is -2.32. The van der Waals surface area contributed by atoms with Gasteiger partial charge in [0.25, 0.3) is 11.8 Å². The maximum absolute atomic E-state index is 13.0. The Morgan fingerprint density at radius 2 is 2.11 bits per heavy atom. The van der Waals surface area contributed by atoms with Gasteiger partial charge in [0.05, 0.1) is 5.69 Å². The van der Waals surface area contributed by atoms with Crippen LogP contribution in [0.3, 0.4) is 0 Å². The number of pyridine rings is 1. The van der Waals surface area contributed by atoms with Crippen molar-refractivity contribution in [1.82, 2.24) is 24.8 Å². The highest BCUT2D eigenvalue weighted by atomic mass is 16.2. The van der Waals surface area contributed by atoms with E-state index in [0.29, 0.717) is 24.6 Å². The van der Waals surface area contributed by atoms with E-state index < -0.39 is 0 Å². The Balaban J connectivity index is 1.78. The number of hydrogen-bond donors (Lipinski definition) is 1. The van der Waals surface area contributed by atoms with E-state index in [1.807, 2.05) is 16.7 Å². The summed E-state index contributed by atoms with van der Waals surface area (Å²) in [7, 11) is 1.77. The Kier molecular flexibility index (Phi) is 6.01. The molecule has 0 fully saturated rings. The molecule has 3 rings (SSSR count). The van der Waals surface area contributed by atoms with Crippen molar-refractivity contribution < 1.29 is 9.59 Å². The number of hydrogen-bond acceptors (Lipinski definition) is 4. The van der Waals surface area contributed by atoms with Crippen LogP contribution >= 0.6 is 0 Å². The summed E-state index contributed by atoms with van der Waals surface area (Å²) in [5, 5.41) is 2.76. The van der Waals surface area contributed by atoms with Crippen LogP contribution in [0.4, 0.5) is 0 Å². The van der Waals surface area contributed by atoms with Crippen molar-refractivity contribution in [2.24, 2.45) is 0 Å². The van der Waals surface area contributed by atoms with Gasteiger partial charge in [0.2, 0.25) is 0 Å². The van der Waals surface area contributed by atoms with E-state index in [9.17, 15) is 9.59 Å². The fraction of sp³-hybridized carbons (Fsp3) is 0.400. The molecule has 1 aliphatic heterocycles. The highest BCUT2D eigenvalue weighted by molar-refractivity contribution is 5.97. The van der Waals surface area contributed by atoms with E-state index in [0.717, 1.165) is 43.5 Å². The van der Waals surface area contributed by atoms with E-state index in [1.165, 1.54) is 0 Å². The van der Waals surface area contributed by atoms with Crippen LogP contribution < -0.4 is 5.32 Å². The Morgan fingerprint density at radius 1 is 1.33 bits per heavy atom. The number of nitrogens with zero attached hydrogens (tertiary/aromatic N) is 4. The minimum absolute atomic E-state index is 0.157. The van der Waals surface area contributed by atoms with Crippen LogP contribution in [0.25, 0.3) is 0 Å². The highest BCUT2D eigenvalue weighted by Gasteiger charge is 2.28. The molecule has 0 unspecified atom stereocenters. The van der Waals surface area contributed by atoms with Gasteiger partial charge in [0.1, 0.15) is 5.69 Å². The quantitative estimate of drug-likeness (QED) is 0.758. The lowest BCUT2D eigenvalue weighted by molar-refractivity contribution is 0.0778. The average Bonchev–Trinajstić information content (AvgIpc) is 3.10. The summed E-state index contributed by atoms with van der Waals surface area (Å²) in [6, 6.07) is 3.88.